The monoisotopic (exact) mass is 464 g/mol. The van der Waals surface area contributed by atoms with Crippen LogP contribution in [0.3, 0.4) is 0 Å². The van der Waals surface area contributed by atoms with Gasteiger partial charge < -0.3 is 14.4 Å². The molecule has 2 fully saturated rings. The van der Waals surface area contributed by atoms with Crippen LogP contribution < -0.4 is 0 Å². The Hall–Kier alpha value is -1.63. The van der Waals surface area contributed by atoms with Gasteiger partial charge in [0.2, 0.25) is 5.91 Å². The largest absolute Gasteiger partial charge is 0.460 e. The van der Waals surface area contributed by atoms with Gasteiger partial charge in [0.25, 0.3) is 0 Å². The standard InChI is InChI=1S/C25H37ClN2O4/c1-5-21(17-27-12-14-31-15-13-27)28-22(18-6-9-20(26)10-7-18)11-8-19(24(28)30)16-23(29)32-25(2,3)4/h6-7,9-10,19,21-22H,5,8,11-17H2,1-4H3. The first-order valence-electron chi connectivity index (χ1n) is 11.8. The van der Waals surface area contributed by atoms with E-state index in [4.69, 9.17) is 21.1 Å². The van der Waals surface area contributed by atoms with Crippen molar-refractivity contribution in [3.8, 4) is 0 Å². The fourth-order valence-electron chi connectivity index (χ4n) is 4.70. The molecule has 2 heterocycles. The lowest BCUT2D eigenvalue weighted by atomic mass is 9.85. The van der Waals surface area contributed by atoms with E-state index in [-0.39, 0.29) is 36.3 Å². The number of piperidine rings is 1. The number of hydrogen-bond donors (Lipinski definition) is 0. The predicted molar refractivity (Wildman–Crippen MR) is 126 cm³/mol. The normalized spacial score (nSPS) is 23.8. The molecule has 0 saturated carbocycles. The summed E-state index contributed by atoms with van der Waals surface area (Å²) in [7, 11) is 0. The molecule has 3 atom stereocenters. The maximum Gasteiger partial charge on any atom is 0.307 e. The van der Waals surface area contributed by atoms with Crippen LogP contribution in [0.15, 0.2) is 24.3 Å². The van der Waals surface area contributed by atoms with Crippen molar-refractivity contribution in [3.63, 3.8) is 0 Å². The van der Waals surface area contributed by atoms with Gasteiger partial charge in [0.1, 0.15) is 5.60 Å². The molecule has 0 aromatic heterocycles. The van der Waals surface area contributed by atoms with Gasteiger partial charge in [-0.1, -0.05) is 30.7 Å². The predicted octanol–water partition coefficient (Wildman–Crippen LogP) is 4.46. The van der Waals surface area contributed by atoms with E-state index in [9.17, 15) is 9.59 Å². The van der Waals surface area contributed by atoms with Crippen LogP contribution in [-0.2, 0) is 19.1 Å². The Bertz CT molecular complexity index is 771. The van der Waals surface area contributed by atoms with Gasteiger partial charge in [-0.25, -0.2) is 0 Å². The zero-order chi connectivity index (χ0) is 23.3. The van der Waals surface area contributed by atoms with Gasteiger partial charge >= 0.3 is 5.97 Å². The molecule has 2 aliphatic heterocycles. The fraction of sp³-hybridized carbons (Fsp3) is 0.680. The van der Waals surface area contributed by atoms with Gasteiger partial charge in [-0.05, 0) is 57.7 Å². The highest BCUT2D eigenvalue weighted by Crippen LogP contribution is 2.38. The van der Waals surface area contributed by atoms with Crippen molar-refractivity contribution >= 4 is 23.5 Å². The third-order valence-corrected chi connectivity index (χ3v) is 6.51. The average Bonchev–Trinajstić information content (AvgIpc) is 2.74. The minimum atomic E-state index is -0.553. The summed E-state index contributed by atoms with van der Waals surface area (Å²) < 4.78 is 11.0. The van der Waals surface area contributed by atoms with Crippen molar-refractivity contribution in [3.05, 3.63) is 34.9 Å². The van der Waals surface area contributed by atoms with Crippen molar-refractivity contribution in [1.29, 1.82) is 0 Å². The number of hydrogen-bond acceptors (Lipinski definition) is 5. The summed E-state index contributed by atoms with van der Waals surface area (Å²) in [5.74, 6) is -0.587. The van der Waals surface area contributed by atoms with Crippen molar-refractivity contribution in [2.45, 2.75) is 71.1 Å². The second kappa shape index (κ2) is 11.0. The number of esters is 1. The summed E-state index contributed by atoms with van der Waals surface area (Å²) in [6, 6.07) is 7.86. The van der Waals surface area contributed by atoms with Gasteiger partial charge in [0, 0.05) is 36.6 Å². The van der Waals surface area contributed by atoms with E-state index >= 15 is 0 Å². The Labute approximate surface area is 197 Å². The lowest BCUT2D eigenvalue weighted by Crippen LogP contribution is -2.54. The van der Waals surface area contributed by atoms with Crippen LogP contribution in [0.25, 0.3) is 0 Å². The van der Waals surface area contributed by atoms with Gasteiger partial charge in [0.15, 0.2) is 0 Å². The highest BCUT2D eigenvalue weighted by atomic mass is 35.5. The number of carbonyl (C=O) groups excluding carboxylic acids is 2. The molecule has 1 aromatic carbocycles. The molecule has 3 rings (SSSR count). The molecule has 2 aliphatic rings. The van der Waals surface area contributed by atoms with E-state index in [1.807, 2.05) is 45.0 Å². The fourth-order valence-corrected chi connectivity index (χ4v) is 4.83. The molecule has 2 saturated heterocycles. The van der Waals surface area contributed by atoms with E-state index in [0.717, 1.165) is 51.3 Å². The highest BCUT2D eigenvalue weighted by molar-refractivity contribution is 6.30. The number of morpholine rings is 1. The molecule has 0 radical (unpaired) electrons. The Morgan fingerprint density at radius 1 is 1.19 bits per heavy atom. The quantitative estimate of drug-likeness (QED) is 0.557. The molecule has 1 amide bonds. The molecule has 1 aromatic rings. The van der Waals surface area contributed by atoms with E-state index in [1.165, 1.54) is 0 Å². The molecule has 178 valence electrons. The summed E-state index contributed by atoms with van der Waals surface area (Å²) in [6.45, 7) is 11.7. The summed E-state index contributed by atoms with van der Waals surface area (Å²) >= 11 is 6.12. The highest BCUT2D eigenvalue weighted by Gasteiger charge is 2.41. The maximum atomic E-state index is 13.8. The second-order valence-corrected chi connectivity index (χ2v) is 10.3. The van der Waals surface area contributed by atoms with Crippen molar-refractivity contribution < 1.29 is 19.1 Å². The summed E-state index contributed by atoms with van der Waals surface area (Å²) in [5, 5.41) is 0.686. The van der Waals surface area contributed by atoms with E-state index in [1.54, 1.807) is 0 Å². The smallest absolute Gasteiger partial charge is 0.307 e. The number of ether oxygens (including phenoxy) is 2. The number of benzene rings is 1. The van der Waals surface area contributed by atoms with E-state index in [2.05, 4.69) is 16.7 Å². The second-order valence-electron chi connectivity index (χ2n) is 9.85. The van der Waals surface area contributed by atoms with Crippen molar-refractivity contribution in [2.75, 3.05) is 32.8 Å². The Kier molecular flexibility index (Phi) is 8.59. The van der Waals surface area contributed by atoms with Gasteiger partial charge in [0.05, 0.1) is 25.7 Å². The first-order chi connectivity index (χ1) is 15.2. The zero-order valence-corrected chi connectivity index (χ0v) is 20.6. The van der Waals surface area contributed by atoms with Crippen LogP contribution in [0.4, 0.5) is 0 Å². The van der Waals surface area contributed by atoms with Crippen LogP contribution in [-0.4, -0.2) is 66.2 Å². The van der Waals surface area contributed by atoms with Crippen LogP contribution in [0.2, 0.25) is 5.02 Å². The number of nitrogens with zero attached hydrogens (tertiary/aromatic N) is 2. The molecule has 0 N–H and O–H groups in total. The summed E-state index contributed by atoms with van der Waals surface area (Å²) in [4.78, 5) is 30.7. The molecular weight excluding hydrogens is 428 g/mol. The van der Waals surface area contributed by atoms with Crippen LogP contribution >= 0.6 is 11.6 Å². The number of rotatable bonds is 7. The Morgan fingerprint density at radius 2 is 1.84 bits per heavy atom. The zero-order valence-electron chi connectivity index (χ0n) is 19.8. The van der Waals surface area contributed by atoms with Gasteiger partial charge in [-0.15, -0.1) is 0 Å². The van der Waals surface area contributed by atoms with Crippen molar-refractivity contribution in [2.24, 2.45) is 5.92 Å². The number of likely N-dealkylation sites (tertiary alicyclic amines) is 1. The molecule has 7 heteroatoms. The lowest BCUT2D eigenvalue weighted by molar-refractivity contribution is -0.161. The summed E-state index contributed by atoms with van der Waals surface area (Å²) in [6.07, 6.45) is 2.48. The molecule has 3 unspecified atom stereocenters. The van der Waals surface area contributed by atoms with Crippen molar-refractivity contribution in [1.82, 2.24) is 9.80 Å². The Morgan fingerprint density at radius 3 is 2.44 bits per heavy atom. The molecular formula is C25H37ClN2O4. The van der Waals surface area contributed by atoms with E-state index < -0.39 is 5.60 Å². The van der Waals surface area contributed by atoms with Crippen LogP contribution in [0.1, 0.15) is 65.0 Å². The van der Waals surface area contributed by atoms with Gasteiger partial charge in [-0.3, -0.25) is 14.5 Å². The summed E-state index contributed by atoms with van der Waals surface area (Å²) in [5.41, 5.74) is 0.543. The third-order valence-electron chi connectivity index (χ3n) is 6.25. The molecule has 0 aliphatic carbocycles. The minimum absolute atomic E-state index is 0.0133. The van der Waals surface area contributed by atoms with Gasteiger partial charge in [-0.2, -0.15) is 0 Å². The van der Waals surface area contributed by atoms with E-state index in [0.29, 0.717) is 11.4 Å². The minimum Gasteiger partial charge on any atom is -0.460 e. The topological polar surface area (TPSA) is 59.1 Å². The SMILES string of the molecule is CCC(CN1CCOCC1)N1C(=O)C(CC(=O)OC(C)(C)C)CCC1c1ccc(Cl)cc1. The number of halogens is 1. The maximum absolute atomic E-state index is 13.8. The van der Waals surface area contributed by atoms with Crippen LogP contribution in [0, 0.1) is 5.92 Å². The first kappa shape index (κ1) is 25.0. The molecule has 6 nitrogen and oxygen atoms in total. The number of carbonyl (C=O) groups is 2. The Balaban J connectivity index is 1.82. The first-order valence-corrected chi connectivity index (χ1v) is 12.2. The average molecular weight is 465 g/mol. The lowest BCUT2D eigenvalue weighted by Gasteiger charge is -2.45. The molecule has 0 spiro atoms. The molecule has 32 heavy (non-hydrogen) atoms. The van der Waals surface area contributed by atoms with Crippen LogP contribution in [0.5, 0.6) is 0 Å². The molecule has 0 bridgehead atoms. The third kappa shape index (κ3) is 6.69. The number of amides is 1.